The van der Waals surface area contributed by atoms with Crippen LogP contribution in [0.15, 0.2) is 24.3 Å². The Labute approximate surface area is 101 Å². The number of nitrogens with zero attached hydrogens (tertiary/aromatic N) is 3. The lowest BCUT2D eigenvalue weighted by Gasteiger charge is -1.96. The minimum Gasteiger partial charge on any atom is -0.322 e. The van der Waals surface area contributed by atoms with Crippen molar-refractivity contribution in [2.75, 3.05) is 0 Å². The van der Waals surface area contributed by atoms with Gasteiger partial charge >= 0.3 is 0 Å². The average Bonchev–Trinajstić information content (AvgIpc) is 2.78. The molecule has 2 rings (SSSR count). The van der Waals surface area contributed by atoms with E-state index in [4.69, 9.17) is 5.73 Å². The van der Waals surface area contributed by atoms with Crippen LogP contribution in [-0.4, -0.2) is 15.1 Å². The van der Waals surface area contributed by atoms with Crippen molar-refractivity contribution in [1.29, 1.82) is 0 Å². The maximum absolute atomic E-state index is 10.7. The highest BCUT2D eigenvalue weighted by Crippen LogP contribution is 2.28. The van der Waals surface area contributed by atoms with Crippen LogP contribution in [-0.2, 0) is 0 Å². The minimum atomic E-state index is -0.434. The predicted octanol–water partition coefficient (Wildman–Crippen LogP) is 2.13. The first-order chi connectivity index (χ1) is 8.08. The molecule has 1 aromatic heterocycles. The molecule has 0 spiro atoms. The third kappa shape index (κ3) is 2.45. The molecule has 0 bridgehead atoms. The van der Waals surface area contributed by atoms with E-state index in [0.29, 0.717) is 15.6 Å². The van der Waals surface area contributed by atoms with E-state index >= 15 is 0 Å². The highest BCUT2D eigenvalue weighted by molar-refractivity contribution is 7.14. The van der Waals surface area contributed by atoms with E-state index in [-0.39, 0.29) is 11.7 Å². The highest BCUT2D eigenvalue weighted by atomic mass is 32.1. The molecular formula is C10H10N4O2S. The van der Waals surface area contributed by atoms with Gasteiger partial charge in [-0.15, -0.1) is 10.2 Å². The van der Waals surface area contributed by atoms with Crippen molar-refractivity contribution in [3.63, 3.8) is 0 Å². The monoisotopic (exact) mass is 250 g/mol. The van der Waals surface area contributed by atoms with Crippen LogP contribution in [0.1, 0.15) is 18.0 Å². The normalized spacial score (nSPS) is 12.4. The Morgan fingerprint density at radius 2 is 2.24 bits per heavy atom. The first-order valence-corrected chi connectivity index (χ1v) is 5.73. The summed E-state index contributed by atoms with van der Waals surface area (Å²) in [5.74, 6) is 0. The van der Waals surface area contributed by atoms with E-state index < -0.39 is 4.92 Å². The lowest BCUT2D eigenvalue weighted by atomic mass is 10.2. The number of nitro benzene ring substituents is 1. The van der Waals surface area contributed by atoms with Gasteiger partial charge in [-0.05, 0) is 6.92 Å². The first-order valence-electron chi connectivity index (χ1n) is 4.91. The number of hydrogen-bond donors (Lipinski definition) is 1. The zero-order valence-electron chi connectivity index (χ0n) is 9.03. The van der Waals surface area contributed by atoms with Crippen LogP contribution in [0, 0.1) is 10.1 Å². The number of rotatable bonds is 3. The van der Waals surface area contributed by atoms with Crippen molar-refractivity contribution < 1.29 is 4.92 Å². The zero-order chi connectivity index (χ0) is 12.4. The molecule has 1 unspecified atom stereocenters. The van der Waals surface area contributed by atoms with Crippen LogP contribution >= 0.6 is 11.3 Å². The molecule has 0 saturated heterocycles. The van der Waals surface area contributed by atoms with Crippen LogP contribution < -0.4 is 5.73 Å². The summed E-state index contributed by atoms with van der Waals surface area (Å²) in [6.07, 6.45) is 0. The van der Waals surface area contributed by atoms with Crippen molar-refractivity contribution in [2.24, 2.45) is 5.73 Å². The maximum Gasteiger partial charge on any atom is 0.270 e. The standard InChI is InChI=1S/C10H10N4O2S/c1-6(11)9-12-13-10(17-9)7-3-2-4-8(5-7)14(15)16/h2-6H,11H2,1H3. The predicted molar refractivity (Wildman–Crippen MR) is 64.6 cm³/mol. The molecule has 0 saturated carbocycles. The molecule has 2 N–H and O–H groups in total. The Kier molecular flexibility index (Phi) is 3.12. The molecule has 6 nitrogen and oxygen atoms in total. The van der Waals surface area contributed by atoms with E-state index in [9.17, 15) is 10.1 Å². The van der Waals surface area contributed by atoms with Gasteiger partial charge in [0.2, 0.25) is 0 Å². The Morgan fingerprint density at radius 3 is 2.82 bits per heavy atom. The third-order valence-corrected chi connectivity index (χ3v) is 3.31. The zero-order valence-corrected chi connectivity index (χ0v) is 9.85. The summed E-state index contributed by atoms with van der Waals surface area (Å²) >= 11 is 1.34. The summed E-state index contributed by atoms with van der Waals surface area (Å²) in [6, 6.07) is 6.13. The van der Waals surface area contributed by atoms with E-state index in [0.717, 1.165) is 0 Å². The Bertz CT molecular complexity index is 553. The van der Waals surface area contributed by atoms with Gasteiger partial charge < -0.3 is 5.73 Å². The molecular weight excluding hydrogens is 240 g/mol. The van der Waals surface area contributed by atoms with Crippen molar-refractivity contribution in [1.82, 2.24) is 10.2 Å². The molecule has 0 fully saturated rings. The summed E-state index contributed by atoms with van der Waals surface area (Å²) < 4.78 is 0. The molecule has 88 valence electrons. The molecule has 0 aliphatic carbocycles. The number of nitro groups is 1. The van der Waals surface area contributed by atoms with Crippen LogP contribution in [0.5, 0.6) is 0 Å². The van der Waals surface area contributed by atoms with Crippen LogP contribution in [0.4, 0.5) is 5.69 Å². The largest absolute Gasteiger partial charge is 0.322 e. The SMILES string of the molecule is CC(N)c1nnc(-c2cccc([N+](=O)[O-])c2)s1. The quantitative estimate of drug-likeness (QED) is 0.665. The van der Waals surface area contributed by atoms with E-state index in [1.54, 1.807) is 12.1 Å². The first kappa shape index (κ1) is 11.6. The molecule has 0 aliphatic rings. The molecule has 1 heterocycles. The molecule has 2 aromatic rings. The lowest BCUT2D eigenvalue weighted by Crippen LogP contribution is -2.03. The summed E-state index contributed by atoms with van der Waals surface area (Å²) in [5, 5.41) is 19.9. The Balaban J connectivity index is 2.38. The highest BCUT2D eigenvalue weighted by Gasteiger charge is 2.12. The second-order valence-electron chi connectivity index (χ2n) is 3.54. The van der Waals surface area contributed by atoms with Crippen LogP contribution in [0.25, 0.3) is 10.6 Å². The van der Waals surface area contributed by atoms with E-state index in [1.807, 2.05) is 6.92 Å². The van der Waals surface area contributed by atoms with Gasteiger partial charge in [0, 0.05) is 17.7 Å². The summed E-state index contributed by atoms with van der Waals surface area (Å²) in [5.41, 5.74) is 6.41. The maximum atomic E-state index is 10.7. The fourth-order valence-electron chi connectivity index (χ4n) is 1.29. The van der Waals surface area contributed by atoms with Gasteiger partial charge in [0.1, 0.15) is 10.0 Å². The van der Waals surface area contributed by atoms with Gasteiger partial charge in [0.05, 0.1) is 11.0 Å². The van der Waals surface area contributed by atoms with Crippen molar-refractivity contribution in [3.05, 3.63) is 39.4 Å². The molecule has 1 aromatic carbocycles. The summed E-state index contributed by atoms with van der Waals surface area (Å²) in [4.78, 5) is 10.2. The van der Waals surface area contributed by atoms with Crippen LogP contribution in [0.2, 0.25) is 0 Å². The fourth-order valence-corrected chi connectivity index (χ4v) is 2.08. The second kappa shape index (κ2) is 4.56. The smallest absolute Gasteiger partial charge is 0.270 e. The molecule has 0 amide bonds. The van der Waals surface area contributed by atoms with Gasteiger partial charge in [-0.2, -0.15) is 0 Å². The number of hydrogen-bond acceptors (Lipinski definition) is 6. The molecule has 0 radical (unpaired) electrons. The second-order valence-corrected chi connectivity index (χ2v) is 4.55. The van der Waals surface area contributed by atoms with Gasteiger partial charge in [-0.1, -0.05) is 23.5 Å². The topological polar surface area (TPSA) is 94.9 Å². The van der Waals surface area contributed by atoms with E-state index in [1.165, 1.54) is 23.5 Å². The Hall–Kier alpha value is -1.86. The summed E-state index contributed by atoms with van der Waals surface area (Å²) in [6.45, 7) is 1.82. The van der Waals surface area contributed by atoms with Crippen molar-refractivity contribution in [2.45, 2.75) is 13.0 Å². The van der Waals surface area contributed by atoms with Crippen molar-refractivity contribution >= 4 is 17.0 Å². The number of non-ortho nitro benzene ring substituents is 1. The average molecular weight is 250 g/mol. The Morgan fingerprint density at radius 1 is 1.47 bits per heavy atom. The van der Waals surface area contributed by atoms with Crippen LogP contribution in [0.3, 0.4) is 0 Å². The molecule has 17 heavy (non-hydrogen) atoms. The van der Waals surface area contributed by atoms with Gasteiger partial charge in [0.15, 0.2) is 0 Å². The fraction of sp³-hybridized carbons (Fsp3) is 0.200. The molecule has 0 aliphatic heterocycles. The van der Waals surface area contributed by atoms with Gasteiger partial charge in [-0.3, -0.25) is 10.1 Å². The number of nitrogens with two attached hydrogens (primary N) is 1. The van der Waals surface area contributed by atoms with Gasteiger partial charge in [0.25, 0.3) is 5.69 Å². The van der Waals surface area contributed by atoms with Crippen molar-refractivity contribution in [3.8, 4) is 10.6 Å². The third-order valence-electron chi connectivity index (χ3n) is 2.13. The lowest BCUT2D eigenvalue weighted by molar-refractivity contribution is -0.384. The number of benzene rings is 1. The van der Waals surface area contributed by atoms with E-state index in [2.05, 4.69) is 10.2 Å². The van der Waals surface area contributed by atoms with Gasteiger partial charge in [-0.25, -0.2) is 0 Å². The molecule has 1 atom stereocenters. The minimum absolute atomic E-state index is 0.0417. The number of aromatic nitrogens is 2. The summed E-state index contributed by atoms with van der Waals surface area (Å²) in [7, 11) is 0. The molecule has 7 heteroatoms.